The van der Waals surface area contributed by atoms with Crippen LogP contribution in [-0.2, 0) is 9.59 Å². The minimum absolute atomic E-state index is 0.0454. The first-order valence-electron chi connectivity index (χ1n) is 6.08. The fourth-order valence-corrected chi connectivity index (χ4v) is 2.32. The molecule has 1 amide bonds. The molecule has 3 rings (SSSR count). The Hall–Kier alpha value is -2.24. The van der Waals surface area contributed by atoms with Crippen molar-refractivity contribution in [3.63, 3.8) is 0 Å². The van der Waals surface area contributed by atoms with Gasteiger partial charge >= 0.3 is 5.97 Å². The summed E-state index contributed by atoms with van der Waals surface area (Å²) in [5.74, 6) is -0.509. The number of nitrogens with zero attached hydrogens (tertiary/aromatic N) is 1. The minimum atomic E-state index is -0.937. The molecule has 1 aromatic carbocycles. The number of carboxylic acids is 1. The molecule has 6 nitrogen and oxygen atoms in total. The van der Waals surface area contributed by atoms with Gasteiger partial charge in [0.05, 0.1) is 5.92 Å². The van der Waals surface area contributed by atoms with Crippen LogP contribution in [0.3, 0.4) is 0 Å². The second-order valence-corrected chi connectivity index (χ2v) is 4.57. The van der Waals surface area contributed by atoms with Gasteiger partial charge in [-0.25, -0.2) is 0 Å². The van der Waals surface area contributed by atoms with Gasteiger partial charge in [-0.1, -0.05) is 0 Å². The van der Waals surface area contributed by atoms with E-state index >= 15 is 0 Å². The third-order valence-corrected chi connectivity index (χ3v) is 3.31. The van der Waals surface area contributed by atoms with Crippen LogP contribution >= 0.6 is 0 Å². The van der Waals surface area contributed by atoms with Crippen molar-refractivity contribution in [2.75, 3.05) is 24.7 Å². The van der Waals surface area contributed by atoms with E-state index in [0.717, 1.165) is 0 Å². The van der Waals surface area contributed by atoms with Gasteiger partial charge in [0.25, 0.3) is 0 Å². The average Bonchev–Trinajstić information content (AvgIpc) is 2.80. The molecule has 19 heavy (non-hydrogen) atoms. The Morgan fingerprint density at radius 2 is 2.00 bits per heavy atom. The lowest BCUT2D eigenvalue weighted by Gasteiger charge is -2.22. The molecule has 2 heterocycles. The quantitative estimate of drug-likeness (QED) is 0.857. The summed E-state index contributed by atoms with van der Waals surface area (Å²) in [6, 6.07) is 5.21. The van der Waals surface area contributed by atoms with Crippen LogP contribution in [0.2, 0.25) is 0 Å². The number of hydrogen-bond acceptors (Lipinski definition) is 4. The Kier molecular flexibility index (Phi) is 2.77. The lowest BCUT2D eigenvalue weighted by atomic mass is 10.1. The van der Waals surface area contributed by atoms with Crippen molar-refractivity contribution in [1.82, 2.24) is 0 Å². The second kappa shape index (κ2) is 4.46. The van der Waals surface area contributed by atoms with E-state index in [2.05, 4.69) is 0 Å². The van der Waals surface area contributed by atoms with Gasteiger partial charge in [0.15, 0.2) is 11.5 Å². The summed E-state index contributed by atoms with van der Waals surface area (Å²) in [7, 11) is 0. The first-order valence-corrected chi connectivity index (χ1v) is 6.08. The zero-order valence-electron chi connectivity index (χ0n) is 10.2. The molecule has 0 radical (unpaired) electrons. The Bertz CT molecular complexity index is 542. The SMILES string of the molecule is O=C(O)[C@H]1CC(=O)N(c2ccc3c(c2)OCCO3)C1. The van der Waals surface area contributed by atoms with E-state index in [-0.39, 0.29) is 18.9 Å². The fourth-order valence-electron chi connectivity index (χ4n) is 2.32. The van der Waals surface area contributed by atoms with Crippen molar-refractivity contribution < 1.29 is 24.2 Å². The van der Waals surface area contributed by atoms with Crippen LogP contribution < -0.4 is 14.4 Å². The Labute approximate surface area is 109 Å². The number of benzene rings is 1. The number of rotatable bonds is 2. The first-order chi connectivity index (χ1) is 9.15. The fraction of sp³-hybridized carbons (Fsp3) is 0.385. The van der Waals surface area contributed by atoms with E-state index in [0.29, 0.717) is 30.4 Å². The molecule has 1 N–H and O–H groups in total. The summed E-state index contributed by atoms with van der Waals surface area (Å²) < 4.78 is 10.9. The molecule has 0 bridgehead atoms. The highest BCUT2D eigenvalue weighted by atomic mass is 16.6. The van der Waals surface area contributed by atoms with Gasteiger partial charge in [0.2, 0.25) is 5.91 Å². The summed E-state index contributed by atoms with van der Waals surface area (Å²) in [4.78, 5) is 24.3. The Morgan fingerprint density at radius 1 is 1.26 bits per heavy atom. The Balaban J connectivity index is 1.86. The van der Waals surface area contributed by atoms with Crippen molar-refractivity contribution in [3.8, 4) is 11.5 Å². The highest BCUT2D eigenvalue weighted by Crippen LogP contribution is 2.35. The summed E-state index contributed by atoms with van der Waals surface area (Å²) in [6.07, 6.45) is 0.0454. The molecular formula is C13H13NO5. The molecular weight excluding hydrogens is 250 g/mol. The number of carbonyl (C=O) groups excluding carboxylic acids is 1. The lowest BCUT2D eigenvalue weighted by molar-refractivity contribution is -0.141. The van der Waals surface area contributed by atoms with Crippen molar-refractivity contribution in [1.29, 1.82) is 0 Å². The molecule has 0 aromatic heterocycles. The van der Waals surface area contributed by atoms with Crippen LogP contribution in [-0.4, -0.2) is 36.7 Å². The molecule has 0 unspecified atom stereocenters. The highest BCUT2D eigenvalue weighted by Gasteiger charge is 2.35. The van der Waals surface area contributed by atoms with E-state index in [1.807, 2.05) is 0 Å². The minimum Gasteiger partial charge on any atom is -0.486 e. The number of anilines is 1. The number of amides is 1. The standard InChI is InChI=1S/C13H13NO5/c15-12-5-8(13(16)17)7-14(12)9-1-2-10-11(6-9)19-4-3-18-10/h1-2,6,8H,3-5,7H2,(H,16,17)/t8-/m0/s1. The number of ether oxygens (including phenoxy) is 2. The smallest absolute Gasteiger partial charge is 0.308 e. The number of carbonyl (C=O) groups is 2. The monoisotopic (exact) mass is 263 g/mol. The Morgan fingerprint density at radius 3 is 2.68 bits per heavy atom. The van der Waals surface area contributed by atoms with Gasteiger partial charge in [-0.2, -0.15) is 0 Å². The van der Waals surface area contributed by atoms with E-state index in [1.165, 1.54) is 4.90 Å². The van der Waals surface area contributed by atoms with Gasteiger partial charge in [0, 0.05) is 24.7 Å². The van der Waals surface area contributed by atoms with Crippen LogP contribution in [0, 0.1) is 5.92 Å². The summed E-state index contributed by atoms with van der Waals surface area (Å²) in [5, 5.41) is 8.96. The maximum atomic E-state index is 11.8. The third-order valence-electron chi connectivity index (χ3n) is 3.31. The molecule has 1 saturated heterocycles. The van der Waals surface area contributed by atoms with Crippen LogP contribution in [0.15, 0.2) is 18.2 Å². The molecule has 1 fully saturated rings. The van der Waals surface area contributed by atoms with Gasteiger partial charge in [0.1, 0.15) is 13.2 Å². The van der Waals surface area contributed by atoms with Crippen LogP contribution in [0.1, 0.15) is 6.42 Å². The average molecular weight is 263 g/mol. The number of aliphatic carboxylic acids is 1. The van der Waals surface area contributed by atoms with Crippen LogP contribution in [0.4, 0.5) is 5.69 Å². The zero-order valence-corrected chi connectivity index (χ0v) is 10.2. The van der Waals surface area contributed by atoms with Crippen molar-refractivity contribution in [2.24, 2.45) is 5.92 Å². The first kappa shape index (κ1) is 11.8. The maximum absolute atomic E-state index is 11.8. The van der Waals surface area contributed by atoms with Gasteiger partial charge in [-0.05, 0) is 12.1 Å². The van der Waals surface area contributed by atoms with E-state index in [4.69, 9.17) is 14.6 Å². The van der Waals surface area contributed by atoms with Crippen molar-refractivity contribution in [3.05, 3.63) is 18.2 Å². The molecule has 1 aromatic rings. The summed E-state index contributed by atoms with van der Waals surface area (Å²) in [5.41, 5.74) is 0.651. The predicted molar refractivity (Wildman–Crippen MR) is 65.5 cm³/mol. The molecule has 0 spiro atoms. The van der Waals surface area contributed by atoms with Crippen LogP contribution in [0.25, 0.3) is 0 Å². The van der Waals surface area contributed by atoms with Gasteiger partial charge in [-0.3, -0.25) is 9.59 Å². The summed E-state index contributed by atoms with van der Waals surface area (Å²) >= 11 is 0. The highest BCUT2D eigenvalue weighted by molar-refractivity contribution is 5.99. The van der Waals surface area contributed by atoms with E-state index < -0.39 is 11.9 Å². The largest absolute Gasteiger partial charge is 0.486 e. The molecule has 100 valence electrons. The molecule has 1 atom stereocenters. The molecule has 0 saturated carbocycles. The topological polar surface area (TPSA) is 76.1 Å². The third kappa shape index (κ3) is 2.09. The van der Waals surface area contributed by atoms with Crippen LogP contribution in [0.5, 0.6) is 11.5 Å². The van der Waals surface area contributed by atoms with Gasteiger partial charge < -0.3 is 19.5 Å². The van der Waals surface area contributed by atoms with Gasteiger partial charge in [-0.15, -0.1) is 0 Å². The normalized spacial score (nSPS) is 21.6. The zero-order chi connectivity index (χ0) is 13.4. The maximum Gasteiger partial charge on any atom is 0.308 e. The molecule has 2 aliphatic heterocycles. The molecule has 0 aliphatic carbocycles. The second-order valence-electron chi connectivity index (χ2n) is 4.57. The molecule has 2 aliphatic rings. The summed E-state index contributed by atoms with van der Waals surface area (Å²) in [6.45, 7) is 1.19. The van der Waals surface area contributed by atoms with Crippen molar-refractivity contribution in [2.45, 2.75) is 6.42 Å². The molecule has 6 heteroatoms. The number of fused-ring (bicyclic) bond motifs is 1. The number of hydrogen-bond donors (Lipinski definition) is 1. The number of carboxylic acid groups (broad SMARTS) is 1. The predicted octanol–water partition coefficient (Wildman–Crippen LogP) is 0.895. The van der Waals surface area contributed by atoms with Crippen molar-refractivity contribution >= 4 is 17.6 Å². The van der Waals surface area contributed by atoms with E-state index in [1.54, 1.807) is 18.2 Å². The van der Waals surface area contributed by atoms with E-state index in [9.17, 15) is 9.59 Å². The lowest BCUT2D eigenvalue weighted by Crippen LogP contribution is -2.26.